The van der Waals surface area contributed by atoms with Crippen molar-refractivity contribution in [2.75, 3.05) is 6.61 Å². The summed E-state index contributed by atoms with van der Waals surface area (Å²) in [4.78, 5) is 11.5. The number of hydrogen-bond donors (Lipinski definition) is 0. The van der Waals surface area contributed by atoms with Crippen molar-refractivity contribution >= 4 is 21.9 Å². The number of rotatable bonds is 7. The molecule has 0 aromatic carbocycles. The molecule has 0 saturated heterocycles. The molecule has 0 saturated carbocycles. The second-order valence-corrected chi connectivity index (χ2v) is 4.41. The Morgan fingerprint density at radius 1 is 1.46 bits per heavy atom. The van der Waals surface area contributed by atoms with E-state index in [4.69, 9.17) is 4.74 Å². The summed E-state index contributed by atoms with van der Waals surface area (Å²) in [6.45, 7) is 4.76. The van der Waals surface area contributed by atoms with Crippen LogP contribution in [0.25, 0.3) is 0 Å². The van der Waals surface area contributed by atoms with Crippen molar-refractivity contribution in [3.63, 3.8) is 0 Å². The van der Waals surface area contributed by atoms with Gasteiger partial charge in [-0.1, -0.05) is 36.2 Å². The second-order valence-electron chi connectivity index (χ2n) is 3.12. The van der Waals surface area contributed by atoms with Crippen molar-refractivity contribution in [2.45, 2.75) is 50.8 Å². The minimum atomic E-state index is -0.0636. The lowest BCUT2D eigenvalue weighted by atomic mass is 10.2. The topological polar surface area (TPSA) is 26.3 Å². The highest BCUT2D eigenvalue weighted by Crippen LogP contribution is 2.11. The summed E-state index contributed by atoms with van der Waals surface area (Å²) in [6, 6.07) is 0. The lowest BCUT2D eigenvalue weighted by molar-refractivity contribution is -0.143. The number of ether oxygens (including phenoxy) is 1. The van der Waals surface area contributed by atoms with E-state index in [0.717, 1.165) is 25.7 Å². The molecule has 0 aliphatic rings. The molecule has 0 amide bonds. The summed E-state index contributed by atoms with van der Waals surface area (Å²) in [5, 5.41) is 0. The average molecular weight is 251 g/mol. The van der Waals surface area contributed by atoms with Crippen LogP contribution in [0, 0.1) is 0 Å². The molecule has 0 heterocycles. The smallest absolute Gasteiger partial charge is 0.305 e. The molecule has 0 fully saturated rings. The normalized spacial score (nSPS) is 12.5. The first kappa shape index (κ1) is 12.9. The van der Waals surface area contributed by atoms with Gasteiger partial charge >= 0.3 is 5.97 Å². The number of esters is 1. The zero-order valence-corrected chi connectivity index (χ0v) is 10.1. The van der Waals surface area contributed by atoms with E-state index in [0.29, 0.717) is 17.9 Å². The maximum Gasteiger partial charge on any atom is 0.305 e. The highest BCUT2D eigenvalue weighted by Gasteiger charge is 2.06. The highest BCUT2D eigenvalue weighted by atomic mass is 79.9. The Morgan fingerprint density at radius 2 is 2.15 bits per heavy atom. The average Bonchev–Trinajstić information content (AvgIpc) is 2.14. The number of unbranched alkanes of at least 4 members (excludes halogenated alkanes) is 1. The summed E-state index contributed by atoms with van der Waals surface area (Å²) in [6.07, 6.45) is 4.51. The third-order valence-corrected chi connectivity index (χ3v) is 2.97. The molecule has 2 nitrogen and oxygen atoms in total. The summed E-state index contributed by atoms with van der Waals surface area (Å²) in [5.74, 6) is -0.0636. The van der Waals surface area contributed by atoms with Crippen molar-refractivity contribution in [2.24, 2.45) is 0 Å². The van der Waals surface area contributed by atoms with Crippen LogP contribution in [0.4, 0.5) is 0 Å². The van der Waals surface area contributed by atoms with Gasteiger partial charge in [-0.3, -0.25) is 4.79 Å². The minimum Gasteiger partial charge on any atom is -0.466 e. The van der Waals surface area contributed by atoms with E-state index in [1.165, 1.54) is 0 Å². The van der Waals surface area contributed by atoms with E-state index in [2.05, 4.69) is 29.8 Å². The molecule has 0 aromatic heterocycles. The van der Waals surface area contributed by atoms with E-state index in [-0.39, 0.29) is 5.97 Å². The largest absolute Gasteiger partial charge is 0.466 e. The Labute approximate surface area is 89.2 Å². The number of carbonyl (C=O) groups is 1. The molecule has 0 radical (unpaired) electrons. The molecule has 0 rings (SSSR count). The lowest BCUT2D eigenvalue weighted by Crippen LogP contribution is -2.08. The molecule has 0 spiro atoms. The van der Waals surface area contributed by atoms with Crippen LogP contribution in [0.1, 0.15) is 46.0 Å². The zero-order chi connectivity index (χ0) is 10.1. The Balaban J connectivity index is 3.30. The fraction of sp³-hybridized carbons (Fsp3) is 0.900. The molecule has 3 heteroatoms. The summed E-state index contributed by atoms with van der Waals surface area (Å²) < 4.78 is 5.02. The Bertz CT molecular complexity index is 137. The predicted molar refractivity (Wildman–Crippen MR) is 58.1 cm³/mol. The van der Waals surface area contributed by atoms with Crippen molar-refractivity contribution in [1.29, 1.82) is 0 Å². The van der Waals surface area contributed by atoms with E-state index in [9.17, 15) is 4.79 Å². The van der Waals surface area contributed by atoms with Crippen LogP contribution in [0.15, 0.2) is 0 Å². The van der Waals surface area contributed by atoms with Gasteiger partial charge in [0, 0.05) is 11.2 Å². The Morgan fingerprint density at radius 3 is 2.69 bits per heavy atom. The Hall–Kier alpha value is -0.0500. The highest BCUT2D eigenvalue weighted by molar-refractivity contribution is 9.09. The van der Waals surface area contributed by atoms with E-state index >= 15 is 0 Å². The first-order chi connectivity index (χ1) is 6.20. The quantitative estimate of drug-likeness (QED) is 0.394. The fourth-order valence-corrected chi connectivity index (χ4v) is 1.11. The summed E-state index contributed by atoms with van der Waals surface area (Å²) in [7, 11) is 0. The summed E-state index contributed by atoms with van der Waals surface area (Å²) in [5.41, 5.74) is 0. The number of halogens is 1. The molecule has 0 aliphatic carbocycles. The van der Waals surface area contributed by atoms with Gasteiger partial charge < -0.3 is 4.74 Å². The molecular weight excluding hydrogens is 232 g/mol. The van der Waals surface area contributed by atoms with Crippen LogP contribution < -0.4 is 0 Å². The molecule has 1 atom stereocenters. The van der Waals surface area contributed by atoms with Crippen LogP contribution in [0.2, 0.25) is 0 Å². The minimum absolute atomic E-state index is 0.0636. The van der Waals surface area contributed by atoms with E-state index in [1.807, 2.05) is 0 Å². The fourth-order valence-electron chi connectivity index (χ4n) is 0.881. The van der Waals surface area contributed by atoms with Crippen molar-refractivity contribution < 1.29 is 9.53 Å². The van der Waals surface area contributed by atoms with Gasteiger partial charge in [0.2, 0.25) is 0 Å². The molecule has 0 aromatic rings. The third-order valence-electron chi connectivity index (χ3n) is 1.87. The number of carbonyl (C=O) groups excluding carboxylic acids is 1. The maximum absolute atomic E-state index is 11.1. The van der Waals surface area contributed by atoms with Gasteiger partial charge in [-0.15, -0.1) is 0 Å². The second kappa shape index (κ2) is 8.54. The van der Waals surface area contributed by atoms with Gasteiger partial charge in [-0.2, -0.15) is 0 Å². The van der Waals surface area contributed by atoms with Crippen LogP contribution in [0.5, 0.6) is 0 Å². The van der Waals surface area contributed by atoms with Crippen LogP contribution in [0.3, 0.4) is 0 Å². The molecule has 0 N–H and O–H groups in total. The summed E-state index contributed by atoms with van der Waals surface area (Å²) >= 11 is 3.48. The van der Waals surface area contributed by atoms with E-state index < -0.39 is 0 Å². The van der Waals surface area contributed by atoms with Gasteiger partial charge in [0.05, 0.1) is 6.61 Å². The standard InChI is InChI=1S/C10H19BrO2/c1-3-5-8-13-10(12)7-6-9(11)4-2/h9H,3-8H2,1-2H3. The number of alkyl halides is 1. The zero-order valence-electron chi connectivity index (χ0n) is 8.51. The van der Waals surface area contributed by atoms with E-state index in [1.54, 1.807) is 0 Å². The van der Waals surface area contributed by atoms with Gasteiger partial charge in [-0.05, 0) is 19.3 Å². The maximum atomic E-state index is 11.1. The third kappa shape index (κ3) is 8.28. The first-order valence-electron chi connectivity index (χ1n) is 5.00. The monoisotopic (exact) mass is 250 g/mol. The van der Waals surface area contributed by atoms with Crippen molar-refractivity contribution in [3.8, 4) is 0 Å². The van der Waals surface area contributed by atoms with Gasteiger partial charge in [-0.25, -0.2) is 0 Å². The van der Waals surface area contributed by atoms with Crippen LogP contribution in [-0.4, -0.2) is 17.4 Å². The van der Waals surface area contributed by atoms with Crippen LogP contribution >= 0.6 is 15.9 Å². The molecular formula is C10H19BrO2. The Kier molecular flexibility index (Phi) is 8.51. The van der Waals surface area contributed by atoms with Crippen molar-refractivity contribution in [3.05, 3.63) is 0 Å². The lowest BCUT2D eigenvalue weighted by Gasteiger charge is -2.06. The predicted octanol–water partition coefficient (Wildman–Crippen LogP) is 3.28. The van der Waals surface area contributed by atoms with Crippen molar-refractivity contribution in [1.82, 2.24) is 0 Å². The molecule has 78 valence electrons. The molecule has 0 bridgehead atoms. The first-order valence-corrected chi connectivity index (χ1v) is 5.92. The SMILES string of the molecule is CCCCOC(=O)CCC(Br)CC. The van der Waals surface area contributed by atoms with Gasteiger partial charge in [0.1, 0.15) is 0 Å². The molecule has 1 unspecified atom stereocenters. The molecule has 13 heavy (non-hydrogen) atoms. The van der Waals surface area contributed by atoms with Crippen LogP contribution in [-0.2, 0) is 9.53 Å². The molecule has 0 aliphatic heterocycles. The number of hydrogen-bond acceptors (Lipinski definition) is 2. The van der Waals surface area contributed by atoms with Gasteiger partial charge in [0.25, 0.3) is 0 Å². The van der Waals surface area contributed by atoms with Gasteiger partial charge in [0.15, 0.2) is 0 Å².